The third-order valence-electron chi connectivity index (χ3n) is 2.66. The van der Waals surface area contributed by atoms with E-state index in [1.54, 1.807) is 0 Å². The van der Waals surface area contributed by atoms with Crippen LogP contribution in [0.1, 0.15) is 22.8 Å². The Balaban J connectivity index is 2.48. The van der Waals surface area contributed by atoms with Crippen molar-refractivity contribution in [2.75, 3.05) is 0 Å². The maximum atomic E-state index is 10.4. The summed E-state index contributed by atoms with van der Waals surface area (Å²) in [5.41, 5.74) is 2.87. The van der Waals surface area contributed by atoms with Crippen LogP contribution in [0.2, 0.25) is 0 Å². The predicted octanol–water partition coefficient (Wildman–Crippen LogP) is 4.60. The Morgan fingerprint density at radius 1 is 1.06 bits per heavy atom. The lowest BCUT2D eigenvalue weighted by molar-refractivity contribution is 0.219. The summed E-state index contributed by atoms with van der Waals surface area (Å²) in [6.07, 6.45) is -0.609. The molecule has 17 heavy (non-hydrogen) atoms. The van der Waals surface area contributed by atoms with Crippen LogP contribution in [-0.2, 0) is 0 Å². The normalized spacial score (nSPS) is 12.5. The van der Waals surface area contributed by atoms with Crippen LogP contribution in [0.5, 0.6) is 0 Å². The van der Waals surface area contributed by atoms with Crippen molar-refractivity contribution >= 4 is 31.9 Å². The van der Waals surface area contributed by atoms with Gasteiger partial charge in [-0.25, -0.2) is 0 Å². The van der Waals surface area contributed by atoms with Crippen molar-refractivity contribution in [1.29, 1.82) is 0 Å². The van der Waals surface area contributed by atoms with Crippen LogP contribution in [0.25, 0.3) is 0 Å². The standard InChI is InChI=1S/C14H12Br2O/c1-9-7-11(15)8-12(13(9)16)14(17)10-5-3-2-4-6-10/h2-8,14,17H,1H3. The average Bonchev–Trinajstić information content (AvgIpc) is 2.34. The van der Waals surface area contributed by atoms with Crippen LogP contribution in [0, 0.1) is 6.92 Å². The number of benzene rings is 2. The minimum absolute atomic E-state index is 0.609. The summed E-state index contributed by atoms with van der Waals surface area (Å²) in [7, 11) is 0. The molecule has 1 atom stereocenters. The number of halogens is 2. The molecule has 0 saturated carbocycles. The molecule has 1 N–H and O–H groups in total. The molecule has 3 heteroatoms. The van der Waals surface area contributed by atoms with Gasteiger partial charge in [0.2, 0.25) is 0 Å². The average molecular weight is 356 g/mol. The zero-order valence-electron chi connectivity index (χ0n) is 9.32. The fourth-order valence-electron chi connectivity index (χ4n) is 1.77. The smallest absolute Gasteiger partial charge is 0.105 e. The van der Waals surface area contributed by atoms with Gasteiger partial charge in [0.25, 0.3) is 0 Å². The Morgan fingerprint density at radius 3 is 2.35 bits per heavy atom. The van der Waals surface area contributed by atoms with Crippen LogP contribution in [0.15, 0.2) is 51.4 Å². The van der Waals surface area contributed by atoms with E-state index in [1.165, 1.54) is 0 Å². The SMILES string of the molecule is Cc1cc(Br)cc(C(O)c2ccccc2)c1Br. The van der Waals surface area contributed by atoms with E-state index in [2.05, 4.69) is 31.9 Å². The van der Waals surface area contributed by atoms with Gasteiger partial charge < -0.3 is 5.11 Å². The topological polar surface area (TPSA) is 20.2 Å². The zero-order valence-corrected chi connectivity index (χ0v) is 12.5. The van der Waals surface area contributed by atoms with E-state index in [0.29, 0.717) is 0 Å². The molecule has 0 bridgehead atoms. The van der Waals surface area contributed by atoms with Crippen molar-refractivity contribution in [3.63, 3.8) is 0 Å². The van der Waals surface area contributed by atoms with Gasteiger partial charge in [-0.1, -0.05) is 62.2 Å². The molecule has 2 aromatic rings. The highest BCUT2D eigenvalue weighted by Gasteiger charge is 2.15. The molecule has 0 saturated heterocycles. The van der Waals surface area contributed by atoms with E-state index in [-0.39, 0.29) is 0 Å². The summed E-state index contributed by atoms with van der Waals surface area (Å²) in [6.45, 7) is 2.01. The van der Waals surface area contributed by atoms with Gasteiger partial charge in [0.05, 0.1) is 0 Å². The van der Waals surface area contributed by atoms with E-state index >= 15 is 0 Å². The van der Waals surface area contributed by atoms with Crippen LogP contribution >= 0.6 is 31.9 Å². The summed E-state index contributed by atoms with van der Waals surface area (Å²) < 4.78 is 1.93. The van der Waals surface area contributed by atoms with Crippen molar-refractivity contribution in [2.24, 2.45) is 0 Å². The maximum absolute atomic E-state index is 10.4. The third-order valence-corrected chi connectivity index (χ3v) is 4.20. The van der Waals surface area contributed by atoms with E-state index < -0.39 is 6.10 Å². The summed E-state index contributed by atoms with van der Waals surface area (Å²) in [5.74, 6) is 0. The molecule has 0 heterocycles. The molecule has 2 aromatic carbocycles. The highest BCUT2D eigenvalue weighted by Crippen LogP contribution is 2.33. The maximum Gasteiger partial charge on any atom is 0.105 e. The van der Waals surface area contributed by atoms with E-state index in [0.717, 1.165) is 25.6 Å². The first-order valence-corrected chi connectivity index (χ1v) is 6.86. The molecule has 1 unspecified atom stereocenters. The Labute approximate surface area is 118 Å². The van der Waals surface area contributed by atoms with Gasteiger partial charge in [0.15, 0.2) is 0 Å². The number of hydrogen-bond acceptors (Lipinski definition) is 1. The van der Waals surface area contributed by atoms with Gasteiger partial charge in [-0.2, -0.15) is 0 Å². The Morgan fingerprint density at radius 2 is 1.71 bits per heavy atom. The summed E-state index contributed by atoms with van der Waals surface area (Å²) in [5, 5.41) is 10.4. The number of aliphatic hydroxyl groups is 1. The summed E-state index contributed by atoms with van der Waals surface area (Å²) in [6, 6.07) is 13.6. The second-order valence-electron chi connectivity index (χ2n) is 3.94. The first-order valence-electron chi connectivity index (χ1n) is 5.28. The van der Waals surface area contributed by atoms with Crippen molar-refractivity contribution in [3.05, 3.63) is 68.1 Å². The summed E-state index contributed by atoms with van der Waals surface area (Å²) >= 11 is 6.99. The third kappa shape index (κ3) is 2.79. The second-order valence-corrected chi connectivity index (χ2v) is 5.65. The van der Waals surface area contributed by atoms with Gasteiger partial charge in [0, 0.05) is 14.5 Å². The van der Waals surface area contributed by atoms with Crippen molar-refractivity contribution in [2.45, 2.75) is 13.0 Å². The molecule has 0 spiro atoms. The lowest BCUT2D eigenvalue weighted by atomic mass is 10.0. The Bertz CT molecular complexity index is 523. The highest BCUT2D eigenvalue weighted by molar-refractivity contribution is 9.11. The predicted molar refractivity (Wildman–Crippen MR) is 77.1 cm³/mol. The van der Waals surface area contributed by atoms with Crippen molar-refractivity contribution in [3.8, 4) is 0 Å². The first-order chi connectivity index (χ1) is 8.09. The Kier molecular flexibility index (Phi) is 4.02. The molecule has 0 aliphatic heterocycles. The van der Waals surface area contributed by atoms with Crippen molar-refractivity contribution in [1.82, 2.24) is 0 Å². The molecule has 2 rings (SSSR count). The molecular weight excluding hydrogens is 344 g/mol. The van der Waals surface area contributed by atoms with Crippen LogP contribution < -0.4 is 0 Å². The van der Waals surface area contributed by atoms with Crippen LogP contribution in [0.4, 0.5) is 0 Å². The lowest BCUT2D eigenvalue weighted by Crippen LogP contribution is -2.01. The molecule has 0 aromatic heterocycles. The van der Waals surface area contributed by atoms with Gasteiger partial charge in [0.1, 0.15) is 6.10 Å². The molecule has 0 aliphatic carbocycles. The van der Waals surface area contributed by atoms with Crippen LogP contribution in [-0.4, -0.2) is 5.11 Å². The van der Waals surface area contributed by atoms with E-state index in [4.69, 9.17) is 0 Å². The fraction of sp³-hybridized carbons (Fsp3) is 0.143. The molecule has 1 nitrogen and oxygen atoms in total. The molecule has 0 amide bonds. The van der Waals surface area contributed by atoms with E-state index in [9.17, 15) is 5.11 Å². The number of rotatable bonds is 2. The van der Waals surface area contributed by atoms with Gasteiger partial charge in [-0.05, 0) is 30.2 Å². The molecule has 88 valence electrons. The molecule has 0 radical (unpaired) electrons. The fourth-order valence-corrected chi connectivity index (χ4v) is 2.80. The number of aliphatic hydroxyl groups excluding tert-OH is 1. The summed E-state index contributed by atoms with van der Waals surface area (Å²) in [4.78, 5) is 0. The quantitative estimate of drug-likeness (QED) is 0.834. The van der Waals surface area contributed by atoms with Crippen molar-refractivity contribution < 1.29 is 5.11 Å². The number of aryl methyl sites for hydroxylation is 1. The molecular formula is C14H12Br2O. The number of hydrogen-bond donors (Lipinski definition) is 1. The minimum Gasteiger partial charge on any atom is -0.384 e. The minimum atomic E-state index is -0.609. The first kappa shape index (κ1) is 12.8. The molecule has 0 fully saturated rings. The highest BCUT2D eigenvalue weighted by atomic mass is 79.9. The molecule has 0 aliphatic rings. The zero-order chi connectivity index (χ0) is 12.4. The van der Waals surface area contributed by atoms with Gasteiger partial charge in [-0.15, -0.1) is 0 Å². The Hall–Kier alpha value is -0.640. The lowest BCUT2D eigenvalue weighted by Gasteiger charge is -2.15. The second kappa shape index (κ2) is 5.34. The van der Waals surface area contributed by atoms with Gasteiger partial charge in [-0.3, -0.25) is 0 Å². The van der Waals surface area contributed by atoms with E-state index in [1.807, 2.05) is 49.4 Å². The van der Waals surface area contributed by atoms with Gasteiger partial charge >= 0.3 is 0 Å². The monoisotopic (exact) mass is 354 g/mol. The van der Waals surface area contributed by atoms with Crippen LogP contribution in [0.3, 0.4) is 0 Å². The largest absolute Gasteiger partial charge is 0.384 e.